The molecule has 0 unspecified atom stereocenters. The van der Waals surface area contributed by atoms with E-state index < -0.39 is 0 Å². The van der Waals surface area contributed by atoms with Crippen molar-refractivity contribution >= 4 is 5.78 Å². The van der Waals surface area contributed by atoms with E-state index in [-0.39, 0.29) is 5.78 Å². The van der Waals surface area contributed by atoms with E-state index in [2.05, 4.69) is 11.8 Å². The fourth-order valence-corrected chi connectivity index (χ4v) is 1.88. The molecule has 1 aliphatic heterocycles. The molecule has 0 amide bonds. The SMILES string of the molecule is CN(C)CC#Cc1ccc2n1CCCC2=O. The molecule has 0 aromatic carbocycles. The number of hydrogen-bond acceptors (Lipinski definition) is 2. The number of hydrogen-bond donors (Lipinski definition) is 0. The molecule has 0 aliphatic carbocycles. The minimum Gasteiger partial charge on any atom is -0.332 e. The van der Waals surface area contributed by atoms with Gasteiger partial charge in [0.25, 0.3) is 0 Å². The molecule has 0 radical (unpaired) electrons. The Bertz CT molecular complexity index is 460. The number of ketones is 1. The Hall–Kier alpha value is -1.53. The van der Waals surface area contributed by atoms with Gasteiger partial charge in [-0.25, -0.2) is 0 Å². The summed E-state index contributed by atoms with van der Waals surface area (Å²) in [6.45, 7) is 1.66. The molecule has 0 bridgehead atoms. The predicted molar refractivity (Wildman–Crippen MR) is 63.4 cm³/mol. The van der Waals surface area contributed by atoms with Gasteiger partial charge in [0.15, 0.2) is 5.78 Å². The number of Topliss-reactive ketones (excluding diaryl/α,β-unsaturated/α-hetero) is 1. The molecule has 1 aliphatic rings. The first-order chi connectivity index (χ1) is 7.68. The summed E-state index contributed by atoms with van der Waals surface area (Å²) in [5.74, 6) is 6.46. The molecule has 0 saturated heterocycles. The molecule has 2 rings (SSSR count). The number of aromatic nitrogens is 1. The molecule has 84 valence electrons. The normalized spacial score (nSPS) is 14.6. The van der Waals surface area contributed by atoms with Crippen LogP contribution in [0.15, 0.2) is 12.1 Å². The van der Waals surface area contributed by atoms with Crippen LogP contribution < -0.4 is 0 Å². The highest BCUT2D eigenvalue weighted by Gasteiger charge is 2.18. The van der Waals surface area contributed by atoms with E-state index in [1.807, 2.05) is 35.7 Å². The summed E-state index contributed by atoms with van der Waals surface area (Å²) >= 11 is 0. The smallest absolute Gasteiger partial charge is 0.179 e. The van der Waals surface area contributed by atoms with Gasteiger partial charge < -0.3 is 4.57 Å². The fourth-order valence-electron chi connectivity index (χ4n) is 1.88. The number of rotatable bonds is 1. The van der Waals surface area contributed by atoms with Crippen LogP contribution in [0.2, 0.25) is 0 Å². The van der Waals surface area contributed by atoms with Gasteiger partial charge in [0.2, 0.25) is 0 Å². The standard InChI is InChI=1S/C13H16N2O/c1-14(2)9-3-5-11-7-8-12-13(16)6-4-10-15(11)12/h7-8H,4,6,9-10H2,1-2H3. The molecule has 0 saturated carbocycles. The Morgan fingerprint density at radius 3 is 3.00 bits per heavy atom. The Kier molecular flexibility index (Phi) is 3.12. The zero-order chi connectivity index (χ0) is 11.5. The van der Waals surface area contributed by atoms with Gasteiger partial charge in [-0.3, -0.25) is 9.69 Å². The van der Waals surface area contributed by atoms with E-state index >= 15 is 0 Å². The average Bonchev–Trinajstić information content (AvgIpc) is 2.63. The molecular weight excluding hydrogens is 200 g/mol. The lowest BCUT2D eigenvalue weighted by atomic mass is 10.1. The minimum atomic E-state index is 0.243. The maximum Gasteiger partial charge on any atom is 0.179 e. The molecule has 3 heteroatoms. The topological polar surface area (TPSA) is 25.2 Å². The highest BCUT2D eigenvalue weighted by molar-refractivity contribution is 5.95. The summed E-state index contributed by atoms with van der Waals surface area (Å²) in [6.07, 6.45) is 1.61. The number of nitrogens with zero attached hydrogens (tertiary/aromatic N) is 2. The Morgan fingerprint density at radius 1 is 1.44 bits per heavy atom. The van der Waals surface area contributed by atoms with E-state index in [0.29, 0.717) is 6.42 Å². The van der Waals surface area contributed by atoms with Gasteiger partial charge in [-0.15, -0.1) is 0 Å². The van der Waals surface area contributed by atoms with E-state index in [9.17, 15) is 4.79 Å². The molecule has 0 spiro atoms. The highest BCUT2D eigenvalue weighted by atomic mass is 16.1. The molecule has 3 nitrogen and oxygen atoms in total. The van der Waals surface area contributed by atoms with Crippen LogP contribution in [0.1, 0.15) is 29.0 Å². The van der Waals surface area contributed by atoms with Crippen LogP contribution in [0.25, 0.3) is 0 Å². The summed E-state index contributed by atoms with van der Waals surface area (Å²) < 4.78 is 2.04. The van der Waals surface area contributed by atoms with Crippen molar-refractivity contribution in [1.82, 2.24) is 9.47 Å². The second-order valence-corrected chi connectivity index (χ2v) is 4.32. The van der Waals surface area contributed by atoms with Crippen LogP contribution in [-0.2, 0) is 6.54 Å². The van der Waals surface area contributed by atoms with Gasteiger partial charge in [0, 0.05) is 13.0 Å². The molecule has 16 heavy (non-hydrogen) atoms. The van der Waals surface area contributed by atoms with Gasteiger partial charge in [-0.05, 0) is 38.6 Å². The summed E-state index contributed by atoms with van der Waals surface area (Å²) in [4.78, 5) is 13.6. The molecule has 0 N–H and O–H groups in total. The summed E-state index contributed by atoms with van der Waals surface area (Å²) in [7, 11) is 3.98. The molecule has 2 heterocycles. The molecule has 1 aromatic heterocycles. The first kappa shape index (κ1) is 11.0. The van der Waals surface area contributed by atoms with Gasteiger partial charge in [-0.2, -0.15) is 0 Å². The van der Waals surface area contributed by atoms with Crippen molar-refractivity contribution in [2.45, 2.75) is 19.4 Å². The van der Waals surface area contributed by atoms with Crippen LogP contribution in [0.3, 0.4) is 0 Å². The van der Waals surface area contributed by atoms with Crippen molar-refractivity contribution in [2.24, 2.45) is 0 Å². The summed E-state index contributed by atoms with van der Waals surface area (Å²) in [6, 6.07) is 3.84. The van der Waals surface area contributed by atoms with Crippen molar-refractivity contribution in [1.29, 1.82) is 0 Å². The number of fused-ring (bicyclic) bond motifs is 1. The third-order valence-electron chi connectivity index (χ3n) is 2.66. The van der Waals surface area contributed by atoms with Gasteiger partial charge in [0.05, 0.1) is 17.9 Å². The van der Waals surface area contributed by atoms with E-state index in [1.54, 1.807) is 0 Å². The first-order valence-electron chi connectivity index (χ1n) is 5.55. The molecule has 0 atom stereocenters. The fraction of sp³-hybridized carbons (Fsp3) is 0.462. The molecular formula is C13H16N2O. The van der Waals surface area contributed by atoms with Crippen molar-refractivity contribution in [2.75, 3.05) is 20.6 Å². The second-order valence-electron chi connectivity index (χ2n) is 4.32. The Balaban J connectivity index is 2.22. The largest absolute Gasteiger partial charge is 0.332 e. The summed E-state index contributed by atoms with van der Waals surface area (Å²) in [5, 5.41) is 0. The monoisotopic (exact) mass is 216 g/mol. The van der Waals surface area contributed by atoms with Crippen molar-refractivity contribution in [3.63, 3.8) is 0 Å². The van der Waals surface area contributed by atoms with Crippen molar-refractivity contribution in [3.8, 4) is 11.8 Å². The maximum atomic E-state index is 11.6. The zero-order valence-electron chi connectivity index (χ0n) is 9.79. The Morgan fingerprint density at radius 2 is 2.25 bits per heavy atom. The number of carbonyl (C=O) groups excluding carboxylic acids is 1. The lowest BCUT2D eigenvalue weighted by molar-refractivity contribution is 0.0955. The van der Waals surface area contributed by atoms with Crippen LogP contribution in [0.4, 0.5) is 0 Å². The zero-order valence-corrected chi connectivity index (χ0v) is 9.79. The lowest BCUT2D eigenvalue weighted by Gasteiger charge is -2.14. The predicted octanol–water partition coefficient (Wildman–Crippen LogP) is 1.38. The number of carbonyl (C=O) groups is 1. The molecule has 0 fully saturated rings. The minimum absolute atomic E-state index is 0.243. The maximum absolute atomic E-state index is 11.6. The van der Waals surface area contributed by atoms with Gasteiger partial charge in [-0.1, -0.05) is 5.92 Å². The highest BCUT2D eigenvalue weighted by Crippen LogP contribution is 2.18. The Labute approximate surface area is 96.0 Å². The quantitative estimate of drug-likeness (QED) is 0.663. The van der Waals surface area contributed by atoms with Gasteiger partial charge in [0.1, 0.15) is 0 Å². The van der Waals surface area contributed by atoms with Crippen molar-refractivity contribution in [3.05, 3.63) is 23.5 Å². The third-order valence-corrected chi connectivity index (χ3v) is 2.66. The van der Waals surface area contributed by atoms with Crippen LogP contribution >= 0.6 is 0 Å². The lowest BCUT2D eigenvalue weighted by Crippen LogP contribution is -2.17. The third kappa shape index (κ3) is 2.17. The van der Waals surface area contributed by atoms with E-state index in [0.717, 1.165) is 30.9 Å². The second kappa shape index (κ2) is 4.54. The first-order valence-corrected chi connectivity index (χ1v) is 5.55. The summed E-state index contributed by atoms with van der Waals surface area (Å²) in [5.41, 5.74) is 1.78. The van der Waals surface area contributed by atoms with E-state index in [1.165, 1.54) is 0 Å². The van der Waals surface area contributed by atoms with Gasteiger partial charge >= 0.3 is 0 Å². The van der Waals surface area contributed by atoms with E-state index in [4.69, 9.17) is 0 Å². The van der Waals surface area contributed by atoms with Crippen LogP contribution in [0.5, 0.6) is 0 Å². The average molecular weight is 216 g/mol. The molecule has 1 aromatic rings. The van der Waals surface area contributed by atoms with Crippen LogP contribution in [-0.4, -0.2) is 35.9 Å². The van der Waals surface area contributed by atoms with Crippen LogP contribution in [0, 0.1) is 11.8 Å². The van der Waals surface area contributed by atoms with Crippen molar-refractivity contribution < 1.29 is 4.79 Å².